The van der Waals surface area contributed by atoms with Crippen LogP contribution in [-0.2, 0) is 24.2 Å². The highest BCUT2D eigenvalue weighted by atomic mass is 16.2. The van der Waals surface area contributed by atoms with Gasteiger partial charge in [0.1, 0.15) is 0 Å². The van der Waals surface area contributed by atoms with Gasteiger partial charge in [0.05, 0.1) is 6.04 Å². The third-order valence-electron chi connectivity index (χ3n) is 4.69. The molecule has 1 amide bonds. The molecule has 2 aromatic rings. The van der Waals surface area contributed by atoms with E-state index in [1.165, 1.54) is 36.0 Å². The summed E-state index contributed by atoms with van der Waals surface area (Å²) in [6.07, 6.45) is 5.60. The van der Waals surface area contributed by atoms with Crippen molar-refractivity contribution in [2.45, 2.75) is 51.6 Å². The van der Waals surface area contributed by atoms with E-state index in [-0.39, 0.29) is 11.9 Å². The average Bonchev–Trinajstić information content (AvgIpc) is 2.63. The minimum atomic E-state index is -0.163. The molecule has 1 aliphatic heterocycles. The molecule has 0 saturated heterocycles. The summed E-state index contributed by atoms with van der Waals surface area (Å²) in [5.74, 6) is 0.0447. The van der Waals surface area contributed by atoms with Gasteiger partial charge in [-0.15, -0.1) is 0 Å². The highest BCUT2D eigenvalue weighted by molar-refractivity contribution is 5.95. The van der Waals surface area contributed by atoms with Gasteiger partial charge in [-0.25, -0.2) is 0 Å². The number of benzene rings is 2. The van der Waals surface area contributed by atoms with Gasteiger partial charge in [-0.05, 0) is 48.1 Å². The summed E-state index contributed by atoms with van der Waals surface area (Å²) in [4.78, 5) is 12.5. The molecular formula is C21H26N2O. The molecule has 0 spiro atoms. The molecule has 126 valence electrons. The van der Waals surface area contributed by atoms with Gasteiger partial charge in [0, 0.05) is 12.2 Å². The topological polar surface area (TPSA) is 41.1 Å². The van der Waals surface area contributed by atoms with Gasteiger partial charge in [0.15, 0.2) is 0 Å². The van der Waals surface area contributed by atoms with Crippen LogP contribution in [0.5, 0.6) is 0 Å². The molecule has 1 heterocycles. The number of hydrogen-bond acceptors (Lipinski definition) is 2. The number of fused-ring (bicyclic) bond motifs is 1. The third-order valence-corrected chi connectivity index (χ3v) is 4.69. The zero-order chi connectivity index (χ0) is 16.8. The summed E-state index contributed by atoms with van der Waals surface area (Å²) in [5, 5.41) is 6.36. The first kappa shape index (κ1) is 16.7. The van der Waals surface area contributed by atoms with Crippen molar-refractivity contribution in [3.63, 3.8) is 0 Å². The monoisotopic (exact) mass is 322 g/mol. The summed E-state index contributed by atoms with van der Waals surface area (Å²) >= 11 is 0. The van der Waals surface area contributed by atoms with Crippen molar-refractivity contribution in [3.8, 4) is 0 Å². The van der Waals surface area contributed by atoms with Crippen molar-refractivity contribution in [2.75, 3.05) is 5.32 Å². The van der Waals surface area contributed by atoms with Gasteiger partial charge in [0.2, 0.25) is 5.91 Å². The number of amides is 1. The minimum absolute atomic E-state index is 0.0447. The Morgan fingerprint density at radius 3 is 2.58 bits per heavy atom. The third kappa shape index (κ3) is 4.24. The first-order chi connectivity index (χ1) is 11.8. The molecule has 0 unspecified atom stereocenters. The normalized spacial score (nSPS) is 16.5. The van der Waals surface area contributed by atoms with Crippen LogP contribution in [0.25, 0.3) is 0 Å². The van der Waals surface area contributed by atoms with Crippen molar-refractivity contribution in [2.24, 2.45) is 0 Å². The highest BCUT2D eigenvalue weighted by Gasteiger charge is 2.23. The second-order valence-electron chi connectivity index (χ2n) is 6.55. The molecule has 1 aliphatic rings. The lowest BCUT2D eigenvalue weighted by molar-refractivity contribution is -0.118. The molecule has 0 radical (unpaired) electrons. The number of nitrogens with one attached hydrogen (secondary N) is 2. The minimum Gasteiger partial charge on any atom is -0.325 e. The van der Waals surface area contributed by atoms with E-state index >= 15 is 0 Å². The van der Waals surface area contributed by atoms with E-state index in [9.17, 15) is 4.79 Å². The summed E-state index contributed by atoms with van der Waals surface area (Å²) in [6.45, 7) is 2.97. The van der Waals surface area contributed by atoms with Crippen LogP contribution < -0.4 is 10.6 Å². The van der Waals surface area contributed by atoms with Crippen LogP contribution in [-0.4, -0.2) is 11.9 Å². The van der Waals surface area contributed by atoms with Gasteiger partial charge in [0.25, 0.3) is 0 Å². The molecule has 1 atom stereocenters. The lowest BCUT2D eigenvalue weighted by atomic mass is 9.95. The van der Waals surface area contributed by atoms with Crippen molar-refractivity contribution in [1.29, 1.82) is 0 Å². The Morgan fingerprint density at radius 1 is 1.08 bits per heavy atom. The molecule has 24 heavy (non-hydrogen) atoms. The Balaban J connectivity index is 1.55. The molecule has 0 aliphatic carbocycles. The standard InChI is InChI=1S/C21H26N2O/c1-2-3-4-7-16-10-12-19(13-11-16)23-21(24)20-14-17-8-5-6-9-18(17)15-22-20/h5-6,8-13,20,22H,2-4,7,14-15H2,1H3,(H,23,24)/t20-/m0/s1. The van der Waals surface area contributed by atoms with Gasteiger partial charge < -0.3 is 10.6 Å². The average molecular weight is 322 g/mol. The summed E-state index contributed by atoms with van der Waals surface area (Å²) in [5.41, 5.74) is 4.77. The van der Waals surface area contributed by atoms with Crippen LogP contribution in [0.2, 0.25) is 0 Å². The van der Waals surface area contributed by atoms with Crippen molar-refractivity contribution in [3.05, 3.63) is 65.2 Å². The maximum absolute atomic E-state index is 12.5. The fraction of sp³-hybridized carbons (Fsp3) is 0.381. The second-order valence-corrected chi connectivity index (χ2v) is 6.55. The lowest BCUT2D eigenvalue weighted by Crippen LogP contribution is -2.44. The molecular weight excluding hydrogens is 296 g/mol. The number of rotatable bonds is 6. The van der Waals surface area contributed by atoms with Crippen molar-refractivity contribution in [1.82, 2.24) is 5.32 Å². The zero-order valence-corrected chi connectivity index (χ0v) is 14.3. The predicted octanol–water partition coefficient (Wildman–Crippen LogP) is 4.07. The smallest absolute Gasteiger partial charge is 0.241 e. The molecule has 0 saturated carbocycles. The largest absolute Gasteiger partial charge is 0.325 e. The quantitative estimate of drug-likeness (QED) is 0.787. The first-order valence-electron chi connectivity index (χ1n) is 8.96. The van der Waals surface area contributed by atoms with Crippen LogP contribution >= 0.6 is 0 Å². The number of aryl methyl sites for hydroxylation is 1. The number of anilines is 1. The fourth-order valence-corrected chi connectivity index (χ4v) is 3.20. The van der Waals surface area contributed by atoms with Gasteiger partial charge >= 0.3 is 0 Å². The SMILES string of the molecule is CCCCCc1ccc(NC(=O)[C@@H]2Cc3ccccc3CN2)cc1. The lowest BCUT2D eigenvalue weighted by Gasteiger charge is -2.25. The molecule has 0 bridgehead atoms. The summed E-state index contributed by atoms with van der Waals surface area (Å²) < 4.78 is 0. The molecule has 3 heteroatoms. The Hall–Kier alpha value is -2.13. The Morgan fingerprint density at radius 2 is 1.83 bits per heavy atom. The number of carbonyl (C=O) groups excluding carboxylic acids is 1. The zero-order valence-electron chi connectivity index (χ0n) is 14.3. The highest BCUT2D eigenvalue weighted by Crippen LogP contribution is 2.18. The molecule has 2 aromatic carbocycles. The van der Waals surface area contributed by atoms with Crippen LogP contribution in [0.4, 0.5) is 5.69 Å². The van der Waals surface area contributed by atoms with Gasteiger partial charge in [-0.1, -0.05) is 56.2 Å². The van der Waals surface area contributed by atoms with Crippen molar-refractivity contribution < 1.29 is 4.79 Å². The molecule has 0 fully saturated rings. The molecule has 0 aromatic heterocycles. The van der Waals surface area contributed by atoms with E-state index in [0.29, 0.717) is 0 Å². The number of carbonyl (C=O) groups is 1. The van der Waals surface area contributed by atoms with Crippen LogP contribution in [0.3, 0.4) is 0 Å². The second kappa shape index (κ2) is 8.11. The summed E-state index contributed by atoms with van der Waals surface area (Å²) in [7, 11) is 0. The van der Waals surface area contributed by atoms with E-state index in [1.807, 2.05) is 24.3 Å². The van der Waals surface area contributed by atoms with Crippen molar-refractivity contribution >= 4 is 11.6 Å². The van der Waals surface area contributed by atoms with Crippen LogP contribution in [0.1, 0.15) is 42.9 Å². The van der Waals surface area contributed by atoms with E-state index in [4.69, 9.17) is 0 Å². The maximum atomic E-state index is 12.5. The Labute approximate surface area is 144 Å². The predicted molar refractivity (Wildman–Crippen MR) is 99.1 cm³/mol. The van der Waals surface area contributed by atoms with Gasteiger partial charge in [-0.3, -0.25) is 4.79 Å². The maximum Gasteiger partial charge on any atom is 0.241 e. The number of hydrogen-bond donors (Lipinski definition) is 2. The van der Waals surface area contributed by atoms with E-state index in [2.05, 4.69) is 41.8 Å². The van der Waals surface area contributed by atoms with E-state index in [1.54, 1.807) is 0 Å². The van der Waals surface area contributed by atoms with Crippen LogP contribution in [0, 0.1) is 0 Å². The molecule has 2 N–H and O–H groups in total. The first-order valence-corrected chi connectivity index (χ1v) is 8.96. The van der Waals surface area contributed by atoms with E-state index < -0.39 is 0 Å². The van der Waals surface area contributed by atoms with E-state index in [0.717, 1.165) is 25.1 Å². The summed E-state index contributed by atoms with van der Waals surface area (Å²) in [6, 6.07) is 16.4. The Kier molecular flexibility index (Phi) is 5.65. The Bertz CT molecular complexity index is 678. The molecule has 3 nitrogen and oxygen atoms in total. The fourth-order valence-electron chi connectivity index (χ4n) is 3.20. The van der Waals surface area contributed by atoms with Crippen LogP contribution in [0.15, 0.2) is 48.5 Å². The number of unbranched alkanes of at least 4 members (excludes halogenated alkanes) is 2. The molecule has 3 rings (SSSR count). The van der Waals surface area contributed by atoms with Gasteiger partial charge in [-0.2, -0.15) is 0 Å².